The lowest BCUT2D eigenvalue weighted by Gasteiger charge is -2.23. The monoisotopic (exact) mass is 474 g/mol. The average Bonchev–Trinajstić information content (AvgIpc) is 3.33. The summed E-state index contributed by atoms with van der Waals surface area (Å²) in [5, 5.41) is 2.86. The third-order valence-electron chi connectivity index (χ3n) is 4.74. The molecule has 0 aliphatic rings. The van der Waals surface area contributed by atoms with Gasteiger partial charge in [0, 0.05) is 12.6 Å². The summed E-state index contributed by atoms with van der Waals surface area (Å²) < 4.78 is 44.3. The highest BCUT2D eigenvalue weighted by Gasteiger charge is 2.18. The number of carbonyl (C=O) groups is 1. The maximum absolute atomic E-state index is 13.1. The second kappa shape index (κ2) is 10.8. The van der Waals surface area contributed by atoms with Crippen molar-refractivity contribution in [1.82, 2.24) is 4.90 Å². The third-order valence-corrected chi connectivity index (χ3v) is 5.89. The first kappa shape index (κ1) is 24.0. The van der Waals surface area contributed by atoms with E-state index in [1.54, 1.807) is 66.6 Å². The van der Waals surface area contributed by atoms with Gasteiger partial charge in [-0.05, 0) is 48.9 Å². The number of amides is 2. The van der Waals surface area contributed by atoms with Crippen LogP contribution in [-0.2, 0) is 23.2 Å². The van der Waals surface area contributed by atoms with Gasteiger partial charge in [-0.25, -0.2) is 4.79 Å². The molecule has 0 aliphatic heterocycles. The molecule has 0 fully saturated rings. The molecular weight excluding hydrogens is 448 g/mol. The first-order valence-corrected chi connectivity index (χ1v) is 11.7. The molecule has 0 unspecified atom stereocenters. The van der Waals surface area contributed by atoms with Gasteiger partial charge in [0.2, 0.25) is 0 Å². The Balaban J connectivity index is 1.78. The molecule has 2 aromatic carbocycles. The van der Waals surface area contributed by atoms with Crippen LogP contribution in [0.15, 0.2) is 65.3 Å². The SMILES string of the molecule is CCS(=O)(=O)Oc1ccc(CN(Cc2ccco2)C(=O)Nc2ccc(OC)cc2OC)cc1. The maximum atomic E-state index is 13.1. The number of furan rings is 1. The van der Waals surface area contributed by atoms with Gasteiger partial charge in [0.1, 0.15) is 23.0 Å². The van der Waals surface area contributed by atoms with Gasteiger partial charge < -0.3 is 28.3 Å². The Bertz CT molecular complexity index is 1160. The summed E-state index contributed by atoms with van der Waals surface area (Å²) in [7, 11) is -0.555. The molecule has 0 saturated carbocycles. The molecule has 1 aromatic heterocycles. The second-order valence-corrected chi connectivity index (χ2v) is 8.86. The molecule has 3 rings (SSSR count). The Kier molecular flexibility index (Phi) is 7.83. The third kappa shape index (κ3) is 6.66. The summed E-state index contributed by atoms with van der Waals surface area (Å²) in [5.41, 5.74) is 1.26. The molecule has 1 N–H and O–H groups in total. The van der Waals surface area contributed by atoms with E-state index in [0.29, 0.717) is 22.9 Å². The van der Waals surface area contributed by atoms with Crippen molar-refractivity contribution < 1.29 is 31.3 Å². The summed E-state index contributed by atoms with van der Waals surface area (Å²) in [6, 6.07) is 14.8. The minimum atomic E-state index is -3.61. The summed E-state index contributed by atoms with van der Waals surface area (Å²) in [5.74, 6) is 1.76. The van der Waals surface area contributed by atoms with Crippen LogP contribution in [-0.4, -0.2) is 39.3 Å². The fourth-order valence-electron chi connectivity index (χ4n) is 2.96. The number of hydrogen-bond acceptors (Lipinski definition) is 7. The van der Waals surface area contributed by atoms with Gasteiger partial charge in [-0.1, -0.05) is 12.1 Å². The minimum Gasteiger partial charge on any atom is -0.497 e. The van der Waals surface area contributed by atoms with Crippen molar-refractivity contribution >= 4 is 21.8 Å². The number of anilines is 1. The van der Waals surface area contributed by atoms with E-state index in [0.717, 1.165) is 5.56 Å². The van der Waals surface area contributed by atoms with Crippen LogP contribution in [0.4, 0.5) is 10.5 Å². The molecule has 0 atom stereocenters. The number of nitrogens with one attached hydrogen (secondary N) is 1. The molecule has 1 heterocycles. The predicted octanol–water partition coefficient (Wildman–Crippen LogP) is 4.26. The van der Waals surface area contributed by atoms with Crippen LogP contribution < -0.4 is 19.0 Å². The van der Waals surface area contributed by atoms with Crippen LogP contribution in [0.3, 0.4) is 0 Å². The minimum absolute atomic E-state index is 0.124. The number of ether oxygens (including phenoxy) is 2. The Labute approximate surface area is 193 Å². The van der Waals surface area contributed by atoms with Gasteiger partial charge in [0.05, 0.1) is 38.5 Å². The number of carbonyl (C=O) groups excluding carboxylic acids is 1. The van der Waals surface area contributed by atoms with Crippen LogP contribution in [0.5, 0.6) is 17.2 Å². The summed E-state index contributed by atoms with van der Waals surface area (Å²) >= 11 is 0. The summed E-state index contributed by atoms with van der Waals surface area (Å²) in [4.78, 5) is 14.7. The molecule has 10 heteroatoms. The molecule has 0 aliphatic carbocycles. The lowest BCUT2D eigenvalue weighted by Crippen LogP contribution is -2.34. The molecule has 0 spiro atoms. The molecular formula is C23H26N2O7S. The van der Waals surface area contributed by atoms with E-state index in [9.17, 15) is 13.2 Å². The van der Waals surface area contributed by atoms with Gasteiger partial charge in [0.25, 0.3) is 0 Å². The quantitative estimate of drug-likeness (QED) is 0.438. The molecule has 0 radical (unpaired) electrons. The zero-order valence-electron chi connectivity index (χ0n) is 18.6. The lowest BCUT2D eigenvalue weighted by molar-refractivity contribution is 0.201. The highest BCUT2D eigenvalue weighted by Crippen LogP contribution is 2.29. The Morgan fingerprint density at radius 2 is 1.73 bits per heavy atom. The molecule has 176 valence electrons. The van der Waals surface area contributed by atoms with Crippen molar-refractivity contribution in [2.45, 2.75) is 20.0 Å². The zero-order valence-corrected chi connectivity index (χ0v) is 19.4. The standard InChI is InChI=1S/C23H26N2O7S/c1-4-33(27,28)32-18-9-7-17(8-10-18)15-25(16-20-6-5-13-31-20)23(26)24-21-12-11-19(29-2)14-22(21)30-3/h5-14H,4,15-16H2,1-3H3,(H,24,26). The summed E-state index contributed by atoms with van der Waals surface area (Å²) in [6.07, 6.45) is 1.54. The number of urea groups is 1. The fourth-order valence-corrected chi connectivity index (χ4v) is 3.48. The number of methoxy groups -OCH3 is 2. The van der Waals surface area contributed by atoms with E-state index >= 15 is 0 Å². The predicted molar refractivity (Wildman–Crippen MR) is 123 cm³/mol. The van der Waals surface area contributed by atoms with Gasteiger partial charge in [-0.2, -0.15) is 8.42 Å². The lowest BCUT2D eigenvalue weighted by atomic mass is 10.2. The van der Waals surface area contributed by atoms with E-state index in [1.807, 2.05) is 0 Å². The maximum Gasteiger partial charge on any atom is 0.322 e. The van der Waals surface area contributed by atoms with Gasteiger partial charge >= 0.3 is 16.1 Å². The van der Waals surface area contributed by atoms with Crippen LogP contribution in [0.2, 0.25) is 0 Å². The topological polar surface area (TPSA) is 107 Å². The van der Waals surface area contributed by atoms with Gasteiger partial charge in [0.15, 0.2) is 0 Å². The van der Waals surface area contributed by atoms with Crippen LogP contribution in [0.1, 0.15) is 18.2 Å². The van der Waals surface area contributed by atoms with Crippen molar-refractivity contribution in [3.63, 3.8) is 0 Å². The van der Waals surface area contributed by atoms with E-state index in [2.05, 4.69) is 5.32 Å². The number of rotatable bonds is 10. The first-order chi connectivity index (χ1) is 15.8. The highest BCUT2D eigenvalue weighted by atomic mass is 32.2. The normalized spacial score (nSPS) is 11.0. The van der Waals surface area contributed by atoms with Crippen molar-refractivity contribution in [3.8, 4) is 17.2 Å². The van der Waals surface area contributed by atoms with Crippen molar-refractivity contribution in [1.29, 1.82) is 0 Å². The zero-order chi connectivity index (χ0) is 23.8. The van der Waals surface area contributed by atoms with Gasteiger partial charge in [-0.3, -0.25) is 0 Å². The molecule has 3 aromatic rings. The summed E-state index contributed by atoms with van der Waals surface area (Å²) in [6.45, 7) is 1.97. The van der Waals surface area contributed by atoms with Crippen LogP contribution in [0.25, 0.3) is 0 Å². The smallest absolute Gasteiger partial charge is 0.322 e. The second-order valence-electron chi connectivity index (χ2n) is 7.01. The van der Waals surface area contributed by atoms with Crippen molar-refractivity contribution in [2.24, 2.45) is 0 Å². The first-order valence-electron chi connectivity index (χ1n) is 10.1. The molecule has 0 bridgehead atoms. The van der Waals surface area contributed by atoms with E-state index in [-0.39, 0.29) is 30.6 Å². The number of hydrogen-bond donors (Lipinski definition) is 1. The number of nitrogens with zero attached hydrogens (tertiary/aromatic N) is 1. The van der Waals surface area contributed by atoms with Gasteiger partial charge in [-0.15, -0.1) is 0 Å². The molecule has 2 amide bonds. The Hall–Kier alpha value is -3.66. The van der Waals surface area contributed by atoms with Crippen molar-refractivity contribution in [2.75, 3.05) is 25.3 Å². The number of benzene rings is 2. The Morgan fingerprint density at radius 1 is 1.00 bits per heavy atom. The fraction of sp³-hybridized carbons (Fsp3) is 0.261. The molecule has 0 saturated heterocycles. The van der Waals surface area contributed by atoms with E-state index in [4.69, 9.17) is 18.1 Å². The van der Waals surface area contributed by atoms with Crippen molar-refractivity contribution in [3.05, 3.63) is 72.2 Å². The van der Waals surface area contributed by atoms with E-state index in [1.165, 1.54) is 20.3 Å². The Morgan fingerprint density at radius 3 is 2.33 bits per heavy atom. The highest BCUT2D eigenvalue weighted by molar-refractivity contribution is 7.87. The molecule has 9 nitrogen and oxygen atoms in total. The average molecular weight is 475 g/mol. The molecule has 33 heavy (non-hydrogen) atoms. The van der Waals surface area contributed by atoms with Crippen LogP contribution >= 0.6 is 0 Å². The largest absolute Gasteiger partial charge is 0.497 e. The van der Waals surface area contributed by atoms with E-state index < -0.39 is 10.1 Å². The van der Waals surface area contributed by atoms with Crippen LogP contribution in [0, 0.1) is 0 Å².